The molecule has 4 heteroatoms. The summed E-state index contributed by atoms with van der Waals surface area (Å²) in [6.07, 6.45) is 3.62. The molecule has 3 rings (SSSR count). The van der Waals surface area contributed by atoms with Gasteiger partial charge in [0.05, 0.1) is 0 Å². The van der Waals surface area contributed by atoms with Crippen LogP contribution in [0.25, 0.3) is 22.3 Å². The van der Waals surface area contributed by atoms with Crippen LogP contribution in [0.3, 0.4) is 0 Å². The van der Waals surface area contributed by atoms with Crippen LogP contribution in [0.4, 0.5) is 0 Å². The lowest BCUT2D eigenvalue weighted by Gasteiger charge is -2.08. The van der Waals surface area contributed by atoms with E-state index in [0.29, 0.717) is 6.04 Å². The van der Waals surface area contributed by atoms with E-state index in [4.69, 9.17) is 0 Å². The Morgan fingerprint density at radius 2 is 2.11 bits per heavy atom. The van der Waals surface area contributed by atoms with Gasteiger partial charge in [0.25, 0.3) is 0 Å². The van der Waals surface area contributed by atoms with Crippen molar-refractivity contribution in [3.63, 3.8) is 0 Å². The lowest BCUT2D eigenvalue weighted by Crippen LogP contribution is -2.04. The summed E-state index contributed by atoms with van der Waals surface area (Å²) in [5.41, 5.74) is 3.49. The van der Waals surface area contributed by atoms with Gasteiger partial charge in [-0.05, 0) is 32.9 Å². The summed E-state index contributed by atoms with van der Waals surface area (Å²) in [5.74, 6) is 0.918. The predicted molar refractivity (Wildman–Crippen MR) is 72.4 cm³/mol. The fourth-order valence-corrected chi connectivity index (χ4v) is 2.24. The molecule has 0 unspecified atom stereocenters. The van der Waals surface area contributed by atoms with Crippen LogP contribution in [-0.2, 0) is 0 Å². The molecule has 2 aromatic heterocycles. The molecule has 1 N–H and O–H groups in total. The van der Waals surface area contributed by atoms with Crippen LogP contribution in [0.1, 0.15) is 25.5 Å². The van der Waals surface area contributed by atoms with Gasteiger partial charge in [-0.2, -0.15) is 5.10 Å². The second-order valence-electron chi connectivity index (χ2n) is 4.87. The van der Waals surface area contributed by atoms with Crippen molar-refractivity contribution in [1.29, 1.82) is 0 Å². The number of benzene rings is 1. The maximum absolute atomic E-state index is 4.39. The van der Waals surface area contributed by atoms with Gasteiger partial charge in [0.1, 0.15) is 6.33 Å². The van der Waals surface area contributed by atoms with Gasteiger partial charge < -0.3 is 4.98 Å². The molecule has 4 nitrogen and oxygen atoms in total. The number of hydrogen-bond donors (Lipinski definition) is 1. The number of rotatable bonds is 2. The Labute approximate surface area is 106 Å². The minimum absolute atomic E-state index is 0.303. The Kier molecular flexibility index (Phi) is 2.44. The maximum Gasteiger partial charge on any atom is 0.160 e. The first-order valence-corrected chi connectivity index (χ1v) is 6.14. The molecule has 0 saturated heterocycles. The highest BCUT2D eigenvalue weighted by atomic mass is 15.3. The van der Waals surface area contributed by atoms with E-state index >= 15 is 0 Å². The van der Waals surface area contributed by atoms with Gasteiger partial charge >= 0.3 is 0 Å². The zero-order valence-corrected chi connectivity index (χ0v) is 10.8. The third-order valence-corrected chi connectivity index (χ3v) is 3.14. The number of aryl methyl sites for hydroxylation is 1. The number of nitrogens with zero attached hydrogens (tertiary/aromatic N) is 3. The third-order valence-electron chi connectivity index (χ3n) is 3.14. The number of aromatic nitrogens is 4. The molecule has 0 saturated carbocycles. The molecule has 0 amide bonds. The molecule has 0 aliphatic heterocycles. The summed E-state index contributed by atoms with van der Waals surface area (Å²) in [6, 6.07) is 6.69. The van der Waals surface area contributed by atoms with Crippen molar-refractivity contribution in [2.45, 2.75) is 26.8 Å². The van der Waals surface area contributed by atoms with E-state index in [1.54, 1.807) is 6.33 Å². The average molecular weight is 240 g/mol. The van der Waals surface area contributed by atoms with Gasteiger partial charge in [-0.3, -0.25) is 0 Å². The van der Waals surface area contributed by atoms with E-state index in [1.165, 1.54) is 10.9 Å². The Bertz CT molecular complexity index is 691. The van der Waals surface area contributed by atoms with E-state index < -0.39 is 0 Å². The molecule has 0 aliphatic rings. The quantitative estimate of drug-likeness (QED) is 0.747. The highest BCUT2D eigenvalue weighted by Gasteiger charge is 2.14. The smallest absolute Gasteiger partial charge is 0.160 e. The monoisotopic (exact) mass is 240 g/mol. The zero-order valence-electron chi connectivity index (χ0n) is 10.8. The van der Waals surface area contributed by atoms with E-state index in [0.717, 1.165) is 16.9 Å². The normalized spacial score (nSPS) is 11.6. The van der Waals surface area contributed by atoms with E-state index in [2.05, 4.69) is 54.0 Å². The predicted octanol–water partition coefficient (Wildman–Crippen LogP) is 3.32. The van der Waals surface area contributed by atoms with Crippen LogP contribution in [0.2, 0.25) is 0 Å². The van der Waals surface area contributed by atoms with Crippen LogP contribution < -0.4 is 0 Å². The summed E-state index contributed by atoms with van der Waals surface area (Å²) in [4.78, 5) is 7.68. The molecular weight excluding hydrogens is 224 g/mol. The third kappa shape index (κ3) is 1.61. The summed E-state index contributed by atoms with van der Waals surface area (Å²) in [6.45, 7) is 6.32. The minimum atomic E-state index is 0.303. The van der Waals surface area contributed by atoms with Gasteiger partial charge in [-0.25, -0.2) is 9.67 Å². The lowest BCUT2D eigenvalue weighted by atomic mass is 10.1. The van der Waals surface area contributed by atoms with Crippen molar-refractivity contribution < 1.29 is 0 Å². The van der Waals surface area contributed by atoms with Crippen molar-refractivity contribution >= 4 is 10.9 Å². The molecule has 1 aromatic carbocycles. The Hall–Kier alpha value is -2.10. The summed E-state index contributed by atoms with van der Waals surface area (Å²) < 4.78 is 1.95. The molecule has 0 fully saturated rings. The summed E-state index contributed by atoms with van der Waals surface area (Å²) in [7, 11) is 0. The fraction of sp³-hybridized carbons (Fsp3) is 0.286. The zero-order chi connectivity index (χ0) is 12.7. The molecule has 3 aromatic rings. The van der Waals surface area contributed by atoms with Crippen molar-refractivity contribution in [3.8, 4) is 11.4 Å². The lowest BCUT2D eigenvalue weighted by molar-refractivity contribution is 0.538. The average Bonchev–Trinajstić information content (AvgIpc) is 2.92. The van der Waals surface area contributed by atoms with Crippen LogP contribution in [0, 0.1) is 6.92 Å². The SMILES string of the molecule is Cc1ccc2[nH]cc(-c3ncnn3C(C)C)c2c1. The van der Waals surface area contributed by atoms with Crippen LogP contribution >= 0.6 is 0 Å². The highest BCUT2D eigenvalue weighted by molar-refractivity contribution is 5.94. The van der Waals surface area contributed by atoms with Crippen molar-refractivity contribution in [1.82, 2.24) is 19.7 Å². The second kappa shape index (κ2) is 3.98. The molecule has 0 radical (unpaired) electrons. The number of fused-ring (bicyclic) bond motifs is 1. The van der Waals surface area contributed by atoms with Crippen molar-refractivity contribution in [2.24, 2.45) is 0 Å². The molecule has 0 bridgehead atoms. The molecule has 0 aliphatic carbocycles. The first-order valence-electron chi connectivity index (χ1n) is 6.14. The largest absolute Gasteiger partial charge is 0.360 e. The Balaban J connectivity index is 2.25. The molecule has 92 valence electrons. The second-order valence-corrected chi connectivity index (χ2v) is 4.87. The van der Waals surface area contributed by atoms with Crippen molar-refractivity contribution in [3.05, 3.63) is 36.3 Å². The topological polar surface area (TPSA) is 46.5 Å². The van der Waals surface area contributed by atoms with E-state index in [-0.39, 0.29) is 0 Å². The number of H-pyrrole nitrogens is 1. The Morgan fingerprint density at radius 1 is 1.28 bits per heavy atom. The van der Waals surface area contributed by atoms with E-state index in [1.807, 2.05) is 10.9 Å². The standard InChI is InChI=1S/C14H16N4/c1-9(2)18-14(16-8-17-18)12-7-15-13-5-4-10(3)6-11(12)13/h4-9,15H,1-3H3. The van der Waals surface area contributed by atoms with Gasteiger partial charge in [-0.15, -0.1) is 0 Å². The summed E-state index contributed by atoms with van der Waals surface area (Å²) >= 11 is 0. The fourth-order valence-electron chi connectivity index (χ4n) is 2.24. The van der Waals surface area contributed by atoms with E-state index in [9.17, 15) is 0 Å². The summed E-state index contributed by atoms with van der Waals surface area (Å²) in [5, 5.41) is 5.49. The van der Waals surface area contributed by atoms with Crippen LogP contribution in [0.5, 0.6) is 0 Å². The number of nitrogens with one attached hydrogen (secondary N) is 1. The van der Waals surface area contributed by atoms with Crippen LogP contribution in [-0.4, -0.2) is 19.7 Å². The molecule has 2 heterocycles. The van der Waals surface area contributed by atoms with Crippen molar-refractivity contribution in [2.75, 3.05) is 0 Å². The molecule has 0 atom stereocenters. The molecule has 0 spiro atoms. The number of hydrogen-bond acceptors (Lipinski definition) is 2. The van der Waals surface area contributed by atoms with Gasteiger partial charge in [0.15, 0.2) is 5.82 Å². The minimum Gasteiger partial charge on any atom is -0.360 e. The first kappa shape index (κ1) is 11.0. The Morgan fingerprint density at radius 3 is 2.89 bits per heavy atom. The highest BCUT2D eigenvalue weighted by Crippen LogP contribution is 2.28. The number of aromatic amines is 1. The maximum atomic E-state index is 4.39. The van der Waals surface area contributed by atoms with Gasteiger partial charge in [-0.1, -0.05) is 11.6 Å². The molecule has 18 heavy (non-hydrogen) atoms. The molecular formula is C14H16N4. The van der Waals surface area contributed by atoms with Gasteiger partial charge in [0, 0.05) is 28.7 Å². The van der Waals surface area contributed by atoms with Gasteiger partial charge in [0.2, 0.25) is 0 Å². The first-order chi connectivity index (χ1) is 8.66. The van der Waals surface area contributed by atoms with Crippen LogP contribution in [0.15, 0.2) is 30.7 Å².